The smallest absolute Gasteiger partial charge is 0.187 e. The maximum atomic E-state index is 7.53. The summed E-state index contributed by atoms with van der Waals surface area (Å²) in [6.07, 6.45) is 0. The molecule has 1 aromatic heterocycles. The summed E-state index contributed by atoms with van der Waals surface area (Å²) in [5.41, 5.74) is 12.5. The summed E-state index contributed by atoms with van der Waals surface area (Å²) in [4.78, 5) is 13.9. The summed E-state index contributed by atoms with van der Waals surface area (Å²) in [6.45, 7) is 12.1. The molecule has 0 aliphatic heterocycles. The van der Waals surface area contributed by atoms with Crippen molar-refractivity contribution in [1.29, 1.82) is 0 Å². The second-order valence-electron chi connectivity index (χ2n) is 12.2. The molecule has 0 amide bonds. The van der Waals surface area contributed by atoms with Gasteiger partial charge in [0.25, 0.3) is 0 Å². The maximum absolute atomic E-state index is 7.53. The number of fused-ring (bicyclic) bond motifs is 4. The Labute approximate surface area is 263 Å². The van der Waals surface area contributed by atoms with Crippen LogP contribution in [0.3, 0.4) is 0 Å². The van der Waals surface area contributed by atoms with Crippen molar-refractivity contribution in [2.75, 3.05) is 0 Å². The number of rotatable bonds is 4. The van der Waals surface area contributed by atoms with Crippen LogP contribution in [0.4, 0.5) is 5.69 Å². The van der Waals surface area contributed by atoms with Gasteiger partial charge in [0.15, 0.2) is 11.5 Å². The van der Waals surface area contributed by atoms with Crippen LogP contribution in [0.2, 0.25) is 0 Å². The van der Waals surface area contributed by atoms with Crippen LogP contribution in [0.1, 0.15) is 25.0 Å². The van der Waals surface area contributed by atoms with Gasteiger partial charge in [-0.2, -0.15) is 0 Å². The van der Waals surface area contributed by atoms with Gasteiger partial charge in [-0.05, 0) is 68.4 Å². The Morgan fingerprint density at radius 1 is 0.489 bits per heavy atom. The largest absolute Gasteiger partial charge is 0.238 e. The SMILES string of the molecule is [C-]#[N+]c1ccc2c(c1)-c1ccc(-c3ccccc3-c3cc(-c4ccc5ccccc5c4)nc(-c4ccccc4)n3)cc1C2(C)C. The van der Waals surface area contributed by atoms with Crippen molar-refractivity contribution in [1.82, 2.24) is 9.97 Å². The second-order valence-corrected chi connectivity index (χ2v) is 12.2. The molecular formula is C42H29N3. The molecule has 8 rings (SSSR count). The van der Waals surface area contributed by atoms with Crippen molar-refractivity contribution in [3.05, 3.63) is 162 Å². The third-order valence-electron chi connectivity index (χ3n) is 9.11. The zero-order valence-electron chi connectivity index (χ0n) is 25.1. The van der Waals surface area contributed by atoms with Gasteiger partial charge in [-0.1, -0.05) is 129 Å². The van der Waals surface area contributed by atoms with Crippen molar-refractivity contribution >= 4 is 16.5 Å². The number of nitrogens with zero attached hydrogens (tertiary/aromatic N) is 3. The lowest BCUT2D eigenvalue weighted by molar-refractivity contribution is 0.661. The second kappa shape index (κ2) is 10.4. The molecule has 3 nitrogen and oxygen atoms in total. The molecule has 0 unspecified atom stereocenters. The minimum atomic E-state index is -0.172. The Morgan fingerprint density at radius 2 is 1.20 bits per heavy atom. The number of aromatic nitrogens is 2. The lowest BCUT2D eigenvalue weighted by atomic mass is 9.81. The molecule has 0 N–H and O–H groups in total. The molecule has 0 saturated carbocycles. The van der Waals surface area contributed by atoms with E-state index in [1.165, 1.54) is 27.5 Å². The van der Waals surface area contributed by atoms with Crippen LogP contribution in [0.5, 0.6) is 0 Å². The molecule has 45 heavy (non-hydrogen) atoms. The minimum Gasteiger partial charge on any atom is -0.238 e. The molecule has 212 valence electrons. The van der Waals surface area contributed by atoms with Gasteiger partial charge < -0.3 is 0 Å². The van der Waals surface area contributed by atoms with Crippen molar-refractivity contribution in [2.24, 2.45) is 0 Å². The van der Waals surface area contributed by atoms with Gasteiger partial charge in [-0.3, -0.25) is 0 Å². The average Bonchev–Trinajstić information content (AvgIpc) is 3.33. The summed E-state index contributed by atoms with van der Waals surface area (Å²) in [6, 6.07) is 48.6. The quantitative estimate of drug-likeness (QED) is 0.195. The molecular weight excluding hydrogens is 546 g/mol. The van der Waals surface area contributed by atoms with E-state index >= 15 is 0 Å². The van der Waals surface area contributed by atoms with E-state index in [1.807, 2.05) is 30.3 Å². The molecule has 6 aromatic carbocycles. The molecule has 0 saturated heterocycles. The normalized spacial score (nSPS) is 12.8. The van der Waals surface area contributed by atoms with Gasteiger partial charge in [0, 0.05) is 22.1 Å². The molecule has 0 atom stereocenters. The molecule has 7 aromatic rings. The maximum Gasteiger partial charge on any atom is 0.187 e. The van der Waals surface area contributed by atoms with Crippen LogP contribution in [-0.4, -0.2) is 9.97 Å². The lowest BCUT2D eigenvalue weighted by Gasteiger charge is -2.22. The Kier molecular flexibility index (Phi) is 6.18. The van der Waals surface area contributed by atoms with E-state index in [0.29, 0.717) is 11.5 Å². The minimum absolute atomic E-state index is 0.172. The predicted molar refractivity (Wildman–Crippen MR) is 185 cm³/mol. The van der Waals surface area contributed by atoms with Crippen molar-refractivity contribution in [3.8, 4) is 56.2 Å². The first kappa shape index (κ1) is 26.8. The predicted octanol–water partition coefficient (Wildman–Crippen LogP) is 11.2. The Hall–Kier alpha value is -5.85. The summed E-state index contributed by atoms with van der Waals surface area (Å²) in [5, 5.41) is 2.39. The van der Waals surface area contributed by atoms with Crippen LogP contribution in [-0.2, 0) is 5.41 Å². The number of hydrogen-bond acceptors (Lipinski definition) is 2. The van der Waals surface area contributed by atoms with Gasteiger partial charge in [0.1, 0.15) is 0 Å². The Balaban J connectivity index is 1.30. The molecule has 1 aliphatic carbocycles. The molecule has 1 aliphatic rings. The summed E-state index contributed by atoms with van der Waals surface area (Å²) in [7, 11) is 0. The van der Waals surface area contributed by atoms with Gasteiger partial charge in [0.05, 0.1) is 18.0 Å². The summed E-state index contributed by atoms with van der Waals surface area (Å²) < 4.78 is 0. The fourth-order valence-electron chi connectivity index (χ4n) is 6.73. The topological polar surface area (TPSA) is 30.1 Å². The van der Waals surface area contributed by atoms with Gasteiger partial charge in [-0.25, -0.2) is 14.8 Å². The fourth-order valence-corrected chi connectivity index (χ4v) is 6.73. The number of benzene rings is 6. The number of hydrogen-bond donors (Lipinski definition) is 0. The van der Waals surface area contributed by atoms with Gasteiger partial charge >= 0.3 is 0 Å². The summed E-state index contributed by atoms with van der Waals surface area (Å²) >= 11 is 0. The van der Waals surface area contributed by atoms with E-state index in [0.717, 1.165) is 44.8 Å². The highest BCUT2D eigenvalue weighted by molar-refractivity contribution is 5.90. The average molecular weight is 576 g/mol. The van der Waals surface area contributed by atoms with Crippen molar-refractivity contribution in [2.45, 2.75) is 19.3 Å². The Bertz CT molecular complexity index is 2310. The van der Waals surface area contributed by atoms with E-state index in [2.05, 4.69) is 128 Å². The Morgan fingerprint density at radius 3 is 2.02 bits per heavy atom. The molecule has 0 spiro atoms. The lowest BCUT2D eigenvalue weighted by Crippen LogP contribution is -2.14. The van der Waals surface area contributed by atoms with Gasteiger partial charge in [0.2, 0.25) is 0 Å². The molecule has 1 heterocycles. The zero-order valence-corrected chi connectivity index (χ0v) is 25.1. The van der Waals surface area contributed by atoms with Crippen LogP contribution >= 0.6 is 0 Å². The first-order valence-electron chi connectivity index (χ1n) is 15.2. The fraction of sp³-hybridized carbons (Fsp3) is 0.0714. The molecule has 0 radical (unpaired) electrons. The first-order valence-corrected chi connectivity index (χ1v) is 15.2. The van der Waals surface area contributed by atoms with Crippen LogP contribution in [0.15, 0.2) is 140 Å². The van der Waals surface area contributed by atoms with Gasteiger partial charge in [-0.15, -0.1) is 0 Å². The van der Waals surface area contributed by atoms with Crippen LogP contribution in [0, 0.1) is 6.57 Å². The molecule has 0 fully saturated rings. The van der Waals surface area contributed by atoms with E-state index in [9.17, 15) is 0 Å². The van der Waals surface area contributed by atoms with E-state index in [-0.39, 0.29) is 5.41 Å². The van der Waals surface area contributed by atoms with E-state index < -0.39 is 0 Å². The molecule has 3 heteroatoms. The highest BCUT2D eigenvalue weighted by Crippen LogP contribution is 2.51. The van der Waals surface area contributed by atoms with Crippen molar-refractivity contribution < 1.29 is 0 Å². The first-order chi connectivity index (χ1) is 22.0. The monoisotopic (exact) mass is 575 g/mol. The molecule has 0 bridgehead atoms. The van der Waals surface area contributed by atoms with Crippen molar-refractivity contribution in [3.63, 3.8) is 0 Å². The zero-order chi connectivity index (χ0) is 30.5. The standard InChI is InChI=1S/C42H29N3/c1-42(2)37-22-20-32(43-3)25-36(37)34-21-19-30(24-38(34)42)33-15-9-10-16-35(33)40-26-39(44-41(45-40)28-12-5-4-6-13-28)31-18-17-27-11-7-8-14-29(27)23-31/h4-26H,1-2H3. The third-order valence-corrected chi connectivity index (χ3v) is 9.11. The van der Waals surface area contributed by atoms with Crippen LogP contribution < -0.4 is 0 Å². The van der Waals surface area contributed by atoms with E-state index in [4.69, 9.17) is 16.5 Å². The highest BCUT2D eigenvalue weighted by atomic mass is 14.9. The van der Waals surface area contributed by atoms with E-state index in [1.54, 1.807) is 0 Å². The highest BCUT2D eigenvalue weighted by Gasteiger charge is 2.35. The third kappa shape index (κ3) is 4.51. The van der Waals surface area contributed by atoms with Crippen LogP contribution in [0.25, 0.3) is 71.8 Å². The summed E-state index contributed by atoms with van der Waals surface area (Å²) in [5.74, 6) is 0.701.